The molecule has 1 aliphatic rings. The lowest BCUT2D eigenvalue weighted by Gasteiger charge is -2.32. The van der Waals surface area contributed by atoms with Crippen LogP contribution in [0.2, 0.25) is 0 Å². The molecule has 0 fully saturated rings. The average molecular weight is 626 g/mol. The number of rotatable bonds is 10. The predicted octanol–water partition coefficient (Wildman–Crippen LogP) is 6.85. The van der Waals surface area contributed by atoms with Crippen LogP contribution in [0.1, 0.15) is 96.1 Å². The number of hydrogen-bond donors (Lipinski definition) is 2. The molecule has 4 amide bonds. The van der Waals surface area contributed by atoms with E-state index >= 15 is 0 Å². The van der Waals surface area contributed by atoms with E-state index in [1.54, 1.807) is 48.5 Å². The van der Waals surface area contributed by atoms with Gasteiger partial charge in [0.15, 0.2) is 5.75 Å². The number of hydrogen-bond acceptors (Lipinski definition) is 6. The van der Waals surface area contributed by atoms with Gasteiger partial charge in [0.2, 0.25) is 5.91 Å². The van der Waals surface area contributed by atoms with Gasteiger partial charge in [-0.15, -0.1) is 5.06 Å². The van der Waals surface area contributed by atoms with Crippen LogP contribution in [0.5, 0.6) is 5.75 Å². The van der Waals surface area contributed by atoms with E-state index in [-0.39, 0.29) is 40.8 Å². The number of anilines is 3. The van der Waals surface area contributed by atoms with E-state index in [0.717, 1.165) is 18.4 Å². The lowest BCUT2D eigenvalue weighted by Crippen LogP contribution is -2.33. The van der Waals surface area contributed by atoms with Gasteiger partial charge >= 0.3 is 0 Å². The van der Waals surface area contributed by atoms with Crippen LogP contribution >= 0.6 is 0 Å². The summed E-state index contributed by atoms with van der Waals surface area (Å²) < 4.78 is 0. The van der Waals surface area contributed by atoms with Crippen molar-refractivity contribution in [2.24, 2.45) is 5.10 Å². The fourth-order valence-corrected chi connectivity index (χ4v) is 4.93. The SMILES string of the molecule is CCC(C)(C)c1ccc(ON(C(C)=O)c2ccc(N3N=C(NC(=O)c4cccc(NC(C)=O)c4)CC3=O)cc2)c(C(C)(C)CC)c1. The minimum Gasteiger partial charge on any atom is -0.372 e. The summed E-state index contributed by atoms with van der Waals surface area (Å²) in [6.07, 6.45) is 1.77. The van der Waals surface area contributed by atoms with Gasteiger partial charge < -0.3 is 15.5 Å². The molecular formula is C36H43N5O5. The van der Waals surface area contributed by atoms with Crippen molar-refractivity contribution in [3.05, 3.63) is 83.4 Å². The Labute approximate surface area is 270 Å². The molecule has 0 radical (unpaired) electrons. The second kappa shape index (κ2) is 13.6. The van der Waals surface area contributed by atoms with E-state index in [0.29, 0.717) is 28.4 Å². The monoisotopic (exact) mass is 625 g/mol. The van der Waals surface area contributed by atoms with E-state index in [4.69, 9.17) is 4.84 Å². The molecular weight excluding hydrogens is 582 g/mol. The number of benzene rings is 3. The number of carbonyl (C=O) groups excluding carboxylic acids is 4. The van der Waals surface area contributed by atoms with Crippen LogP contribution in [-0.2, 0) is 25.2 Å². The fraction of sp³-hybridized carbons (Fsp3) is 0.361. The maximum absolute atomic E-state index is 12.8. The molecule has 0 atom stereocenters. The lowest BCUT2D eigenvalue weighted by atomic mass is 9.76. The number of hydrazone groups is 1. The minimum atomic E-state index is -0.456. The second-order valence-electron chi connectivity index (χ2n) is 12.8. The molecule has 0 bridgehead atoms. The largest absolute Gasteiger partial charge is 0.372 e. The molecule has 0 aromatic heterocycles. The van der Waals surface area contributed by atoms with Gasteiger partial charge in [0.05, 0.1) is 17.8 Å². The summed E-state index contributed by atoms with van der Waals surface area (Å²) in [4.78, 5) is 56.2. The van der Waals surface area contributed by atoms with E-state index in [1.807, 2.05) is 6.07 Å². The zero-order valence-electron chi connectivity index (χ0n) is 27.9. The molecule has 0 saturated heterocycles. The maximum Gasteiger partial charge on any atom is 0.256 e. The Morgan fingerprint density at radius 1 is 0.891 bits per heavy atom. The highest BCUT2D eigenvalue weighted by Crippen LogP contribution is 2.39. The summed E-state index contributed by atoms with van der Waals surface area (Å²) in [7, 11) is 0. The summed E-state index contributed by atoms with van der Waals surface area (Å²) in [5, 5.41) is 12.1. The van der Waals surface area contributed by atoms with Gasteiger partial charge in [0, 0.05) is 30.7 Å². The number of nitrogens with zero attached hydrogens (tertiary/aromatic N) is 3. The number of hydroxylamine groups is 1. The highest BCUT2D eigenvalue weighted by Gasteiger charge is 2.30. The normalized spacial score (nSPS) is 13.3. The van der Waals surface area contributed by atoms with Crippen LogP contribution in [0, 0.1) is 0 Å². The van der Waals surface area contributed by atoms with Crippen LogP contribution < -0.4 is 25.5 Å². The van der Waals surface area contributed by atoms with Crippen LogP contribution in [0.3, 0.4) is 0 Å². The molecule has 0 unspecified atom stereocenters. The molecule has 0 spiro atoms. The number of nitrogens with one attached hydrogen (secondary N) is 2. The Morgan fingerprint density at radius 3 is 2.17 bits per heavy atom. The molecule has 10 heteroatoms. The zero-order valence-corrected chi connectivity index (χ0v) is 27.9. The van der Waals surface area contributed by atoms with Crippen LogP contribution in [0.15, 0.2) is 71.8 Å². The highest BCUT2D eigenvalue weighted by molar-refractivity contribution is 6.18. The second-order valence-corrected chi connectivity index (χ2v) is 12.8. The smallest absolute Gasteiger partial charge is 0.256 e. The Balaban J connectivity index is 1.54. The molecule has 10 nitrogen and oxygen atoms in total. The summed E-state index contributed by atoms with van der Waals surface area (Å²) in [5.74, 6) is -0.548. The van der Waals surface area contributed by atoms with Crippen molar-refractivity contribution >= 4 is 46.5 Å². The zero-order chi connectivity index (χ0) is 33.8. The van der Waals surface area contributed by atoms with Crippen molar-refractivity contribution in [2.75, 3.05) is 15.4 Å². The van der Waals surface area contributed by atoms with E-state index in [2.05, 4.69) is 69.4 Å². The van der Waals surface area contributed by atoms with Gasteiger partial charge in [-0.2, -0.15) is 10.1 Å². The van der Waals surface area contributed by atoms with Gasteiger partial charge in [-0.3, -0.25) is 19.2 Å². The number of amides is 4. The predicted molar refractivity (Wildman–Crippen MR) is 181 cm³/mol. The Hall–Kier alpha value is -4.99. The van der Waals surface area contributed by atoms with Crippen molar-refractivity contribution in [1.29, 1.82) is 0 Å². The van der Waals surface area contributed by atoms with Crippen LogP contribution in [-0.4, -0.2) is 29.5 Å². The van der Waals surface area contributed by atoms with Crippen molar-refractivity contribution in [1.82, 2.24) is 5.32 Å². The summed E-state index contributed by atoms with van der Waals surface area (Å²) >= 11 is 0. The molecule has 1 aliphatic heterocycles. The highest BCUT2D eigenvalue weighted by atomic mass is 16.7. The molecule has 0 saturated carbocycles. The van der Waals surface area contributed by atoms with Crippen LogP contribution in [0.25, 0.3) is 0 Å². The van der Waals surface area contributed by atoms with E-state index in [9.17, 15) is 19.2 Å². The first kappa shape index (κ1) is 33.9. The summed E-state index contributed by atoms with van der Waals surface area (Å²) in [6.45, 7) is 15.9. The lowest BCUT2D eigenvalue weighted by molar-refractivity contribution is -0.120. The van der Waals surface area contributed by atoms with Crippen molar-refractivity contribution < 1.29 is 24.0 Å². The van der Waals surface area contributed by atoms with Gasteiger partial charge in [0.1, 0.15) is 5.84 Å². The van der Waals surface area contributed by atoms with Crippen molar-refractivity contribution in [3.8, 4) is 5.75 Å². The molecule has 46 heavy (non-hydrogen) atoms. The third-order valence-corrected chi connectivity index (χ3v) is 8.54. The van der Waals surface area contributed by atoms with Crippen molar-refractivity contribution in [3.63, 3.8) is 0 Å². The maximum atomic E-state index is 12.8. The molecule has 3 aromatic rings. The van der Waals surface area contributed by atoms with Gasteiger partial charge in [-0.05, 0) is 77.8 Å². The Morgan fingerprint density at radius 2 is 1.57 bits per heavy atom. The van der Waals surface area contributed by atoms with Crippen LogP contribution in [0.4, 0.5) is 17.1 Å². The topological polar surface area (TPSA) is 120 Å². The minimum absolute atomic E-state index is 0.00973. The molecule has 3 aromatic carbocycles. The molecule has 1 heterocycles. The Kier molecular flexibility index (Phi) is 9.99. The van der Waals surface area contributed by atoms with E-state index < -0.39 is 5.91 Å². The van der Waals surface area contributed by atoms with Gasteiger partial charge in [-0.1, -0.05) is 59.7 Å². The van der Waals surface area contributed by atoms with Gasteiger partial charge in [0.25, 0.3) is 17.7 Å². The molecule has 0 aliphatic carbocycles. The molecule has 242 valence electrons. The third-order valence-electron chi connectivity index (χ3n) is 8.54. The first-order valence-electron chi connectivity index (χ1n) is 15.5. The van der Waals surface area contributed by atoms with Gasteiger partial charge in [-0.25, -0.2) is 0 Å². The first-order chi connectivity index (χ1) is 21.6. The third kappa shape index (κ3) is 7.62. The number of amidine groups is 1. The fourth-order valence-electron chi connectivity index (χ4n) is 4.93. The average Bonchev–Trinajstić information content (AvgIpc) is 3.38. The quantitative estimate of drug-likeness (QED) is 0.239. The standard InChI is InChI=1S/C36H43N5O5/c1-9-35(5,6)26-14-19-31(30(21-26)36(7,8)10-2)46-41(24(4)43)29-17-15-28(16-18-29)40-33(44)22-32(39-40)38-34(45)25-12-11-13-27(20-25)37-23(3)42/h11-21H,9-10,22H2,1-8H3,(H,37,42)(H,38,39,45). The van der Waals surface area contributed by atoms with Crippen molar-refractivity contribution in [2.45, 2.75) is 85.5 Å². The first-order valence-corrected chi connectivity index (χ1v) is 15.5. The molecule has 4 rings (SSSR count). The summed E-state index contributed by atoms with van der Waals surface area (Å²) in [6, 6.07) is 19.4. The number of carbonyl (C=O) groups is 4. The van der Waals surface area contributed by atoms with E-state index in [1.165, 1.54) is 29.5 Å². The Bertz CT molecular complexity index is 1680. The summed E-state index contributed by atoms with van der Waals surface area (Å²) in [5.41, 5.74) is 3.76. The molecule has 2 N–H and O–H groups in total.